The molecule has 316 valence electrons. The van der Waals surface area contributed by atoms with Gasteiger partial charge in [0, 0.05) is 54.8 Å². The largest absolute Gasteiger partial charge is 0.508 e. The summed E-state index contributed by atoms with van der Waals surface area (Å²) in [5.74, 6) is -3.83. The predicted molar refractivity (Wildman–Crippen MR) is 223 cm³/mol. The molecule has 5 rings (SSSR count). The second kappa shape index (κ2) is 20.8. The van der Waals surface area contributed by atoms with Crippen LogP contribution in [0.3, 0.4) is 0 Å². The monoisotopic (exact) mass is 822 g/mol. The number of imidazole rings is 1. The van der Waals surface area contributed by atoms with E-state index in [0.717, 1.165) is 16.5 Å². The molecule has 5 amide bonds. The maximum atomic E-state index is 14.3. The molecule has 0 aliphatic heterocycles. The minimum absolute atomic E-state index is 0.0140. The number of guanidine groups is 1. The first-order valence-corrected chi connectivity index (χ1v) is 19.2. The van der Waals surface area contributed by atoms with E-state index in [1.807, 2.05) is 24.3 Å². The van der Waals surface area contributed by atoms with Crippen LogP contribution in [0.1, 0.15) is 35.2 Å². The van der Waals surface area contributed by atoms with Crippen molar-refractivity contribution in [2.75, 3.05) is 6.54 Å². The zero-order valence-electron chi connectivity index (χ0n) is 32.6. The summed E-state index contributed by atoms with van der Waals surface area (Å²) < 4.78 is 0. The lowest BCUT2D eigenvalue weighted by Gasteiger charge is -2.26. The van der Waals surface area contributed by atoms with E-state index in [4.69, 9.17) is 22.9 Å². The van der Waals surface area contributed by atoms with E-state index in [-0.39, 0.29) is 62.5 Å². The molecule has 3 aromatic carbocycles. The van der Waals surface area contributed by atoms with Crippen LogP contribution in [0.4, 0.5) is 0 Å². The summed E-state index contributed by atoms with van der Waals surface area (Å²) in [5, 5.41) is 31.2. The van der Waals surface area contributed by atoms with E-state index < -0.39 is 59.7 Å². The van der Waals surface area contributed by atoms with Crippen LogP contribution in [-0.2, 0) is 49.7 Å². The van der Waals surface area contributed by atoms with Gasteiger partial charge >= 0.3 is 0 Å². The summed E-state index contributed by atoms with van der Waals surface area (Å²) in [6, 6.07) is 13.5. The normalized spacial score (nSPS) is 13.6. The molecule has 0 unspecified atom stereocenters. The van der Waals surface area contributed by atoms with Crippen molar-refractivity contribution in [3.63, 3.8) is 0 Å². The third-order valence-electron chi connectivity index (χ3n) is 9.69. The SMILES string of the molecule is NC(=O)[C@H](Cc1c[nH]c2ccccc12)NC(=O)[C@H](Cc1ccc(O)cc1)NC(=O)[C@H](Cc1cnc[nH]1)NC(=O)[C@H](CCCN=C(N)N)NC(=O)[C@@H](N)Cc1ccc(O)cc1. The number of primary amides is 1. The number of amides is 5. The van der Waals surface area contributed by atoms with Gasteiger partial charge in [-0.2, -0.15) is 0 Å². The second-order valence-electron chi connectivity index (χ2n) is 14.3. The Morgan fingerprint density at radius 2 is 1.23 bits per heavy atom. The molecule has 0 saturated heterocycles. The van der Waals surface area contributed by atoms with Crippen molar-refractivity contribution in [3.05, 3.63) is 114 Å². The average Bonchev–Trinajstić information content (AvgIpc) is 3.89. The Morgan fingerprint density at radius 1 is 0.667 bits per heavy atom. The molecule has 0 bridgehead atoms. The van der Waals surface area contributed by atoms with Crippen LogP contribution in [-0.4, -0.2) is 97.4 Å². The number of nitrogens with zero attached hydrogens (tertiary/aromatic N) is 2. The zero-order valence-corrected chi connectivity index (χ0v) is 32.6. The topological polar surface area (TPSA) is 335 Å². The zero-order chi connectivity index (χ0) is 43.2. The molecule has 0 radical (unpaired) electrons. The molecule has 0 fully saturated rings. The number of phenols is 2. The highest BCUT2D eigenvalue weighted by molar-refractivity contribution is 5.96. The van der Waals surface area contributed by atoms with Gasteiger partial charge in [-0.25, -0.2) is 4.98 Å². The minimum atomic E-state index is -1.32. The highest BCUT2D eigenvalue weighted by atomic mass is 16.3. The fraction of sp³-hybridized carbons (Fsp3) is 0.293. The maximum absolute atomic E-state index is 14.3. The van der Waals surface area contributed by atoms with Crippen LogP contribution < -0.4 is 44.2 Å². The fourth-order valence-corrected chi connectivity index (χ4v) is 6.49. The van der Waals surface area contributed by atoms with Crippen molar-refractivity contribution in [1.29, 1.82) is 0 Å². The van der Waals surface area contributed by atoms with Crippen molar-refractivity contribution in [3.8, 4) is 11.5 Å². The third kappa shape index (κ3) is 12.8. The second-order valence-corrected chi connectivity index (χ2v) is 14.3. The van der Waals surface area contributed by atoms with Gasteiger partial charge in [-0.05, 0) is 66.3 Å². The smallest absolute Gasteiger partial charge is 0.243 e. The first-order valence-electron chi connectivity index (χ1n) is 19.2. The van der Waals surface area contributed by atoms with E-state index in [2.05, 4.69) is 41.2 Å². The minimum Gasteiger partial charge on any atom is -0.508 e. The lowest BCUT2D eigenvalue weighted by atomic mass is 10.0. The van der Waals surface area contributed by atoms with Gasteiger partial charge in [-0.15, -0.1) is 0 Å². The molecule has 0 aliphatic carbocycles. The number of carbonyl (C=O) groups excluding carboxylic acids is 5. The predicted octanol–water partition coefficient (Wildman–Crippen LogP) is -0.622. The molecule has 5 atom stereocenters. The number of hydrogen-bond donors (Lipinski definition) is 12. The summed E-state index contributed by atoms with van der Waals surface area (Å²) in [7, 11) is 0. The first kappa shape index (κ1) is 43.7. The number of fused-ring (bicyclic) bond motifs is 1. The number of para-hydroxylation sites is 1. The van der Waals surface area contributed by atoms with Crippen LogP contribution in [0, 0.1) is 0 Å². The first-order chi connectivity index (χ1) is 28.7. The number of hydrogen-bond acceptors (Lipinski definition) is 10. The maximum Gasteiger partial charge on any atom is 0.243 e. The summed E-state index contributed by atoms with van der Waals surface area (Å²) in [5.41, 5.74) is 26.2. The Morgan fingerprint density at radius 3 is 1.83 bits per heavy atom. The number of benzene rings is 3. The molecule has 60 heavy (non-hydrogen) atoms. The van der Waals surface area contributed by atoms with Crippen molar-refractivity contribution in [2.45, 2.75) is 68.7 Å². The van der Waals surface area contributed by atoms with Gasteiger partial charge in [0.1, 0.15) is 35.7 Å². The van der Waals surface area contributed by atoms with Crippen LogP contribution in [0.2, 0.25) is 0 Å². The number of aliphatic imine (C=N–C) groups is 1. The van der Waals surface area contributed by atoms with Crippen molar-refractivity contribution >= 4 is 46.4 Å². The number of carbonyl (C=O) groups is 5. The Kier molecular flexibility index (Phi) is 15.2. The summed E-state index contributed by atoms with van der Waals surface area (Å²) in [6.45, 7) is 0.139. The summed E-state index contributed by atoms with van der Waals surface area (Å²) >= 11 is 0. The number of aromatic amines is 2. The molecule has 0 aliphatic rings. The van der Waals surface area contributed by atoms with Crippen LogP contribution in [0.15, 0.2) is 96.5 Å². The van der Waals surface area contributed by atoms with Gasteiger partial charge in [-0.3, -0.25) is 29.0 Å². The van der Waals surface area contributed by atoms with E-state index in [1.54, 1.807) is 30.5 Å². The molecule has 5 aromatic rings. The molecular weight excluding hydrogens is 773 g/mol. The Balaban J connectivity index is 1.36. The molecular formula is C41H50N12O7. The Hall–Kier alpha value is -7.41. The lowest BCUT2D eigenvalue weighted by Crippen LogP contribution is -2.59. The fourth-order valence-electron chi connectivity index (χ4n) is 6.49. The molecule has 19 heteroatoms. The number of rotatable bonds is 21. The van der Waals surface area contributed by atoms with Gasteiger partial charge in [0.25, 0.3) is 0 Å². The molecule has 0 spiro atoms. The van der Waals surface area contributed by atoms with Gasteiger partial charge in [-0.1, -0.05) is 42.5 Å². The third-order valence-corrected chi connectivity index (χ3v) is 9.69. The van der Waals surface area contributed by atoms with E-state index in [1.165, 1.54) is 36.8 Å². The number of aromatic hydroxyl groups is 2. The van der Waals surface area contributed by atoms with Crippen molar-refractivity contribution in [2.24, 2.45) is 27.9 Å². The van der Waals surface area contributed by atoms with Crippen molar-refractivity contribution < 1.29 is 34.2 Å². The number of nitrogens with two attached hydrogens (primary N) is 4. The van der Waals surface area contributed by atoms with Gasteiger partial charge in [0.15, 0.2) is 5.96 Å². The number of nitrogens with one attached hydrogen (secondary N) is 6. The van der Waals surface area contributed by atoms with E-state index in [9.17, 15) is 34.2 Å². The van der Waals surface area contributed by atoms with Crippen LogP contribution in [0.25, 0.3) is 10.9 Å². The standard InChI is InChI=1S/C41H50N12O7/c42-30(16-23-7-11-27(54)12-8-23)37(57)50-32(6-3-15-47-41(44)45)38(58)53-35(19-26-21-46-22-49-26)40(60)52-34(17-24-9-13-28(55)14-10-24)39(59)51-33(36(43)56)18-25-20-48-31-5-2-1-4-29(25)31/h1-2,4-5,7-14,20-22,30,32-35,48,54-55H,3,6,15-19,42H2,(H2,43,56)(H,46,49)(H,50,57)(H,51,59)(H,52,60)(H,53,58)(H4,44,45,47)/t30-,32-,33-,34-,35-/m0/s1. The van der Waals surface area contributed by atoms with Gasteiger partial charge < -0.3 is 64.4 Å². The van der Waals surface area contributed by atoms with Gasteiger partial charge in [0.2, 0.25) is 29.5 Å². The average molecular weight is 823 g/mol. The Bertz CT molecular complexity index is 2260. The molecule has 0 saturated carbocycles. The molecule has 16 N–H and O–H groups in total. The highest BCUT2D eigenvalue weighted by Crippen LogP contribution is 2.20. The molecule has 2 aromatic heterocycles. The number of H-pyrrole nitrogens is 2. The quantitative estimate of drug-likeness (QED) is 0.0251. The van der Waals surface area contributed by atoms with Crippen LogP contribution in [0.5, 0.6) is 11.5 Å². The Labute approximate surface area is 344 Å². The molecule has 2 heterocycles. The van der Waals surface area contributed by atoms with Crippen molar-refractivity contribution in [1.82, 2.24) is 36.2 Å². The number of phenolic OH excluding ortho intramolecular Hbond substituents is 2. The van der Waals surface area contributed by atoms with E-state index >= 15 is 0 Å². The lowest BCUT2D eigenvalue weighted by molar-refractivity contribution is -0.134. The van der Waals surface area contributed by atoms with Gasteiger partial charge in [0.05, 0.1) is 12.4 Å². The number of aromatic nitrogens is 3. The highest BCUT2D eigenvalue weighted by Gasteiger charge is 2.32. The van der Waals surface area contributed by atoms with Crippen LogP contribution >= 0.6 is 0 Å². The summed E-state index contributed by atoms with van der Waals surface area (Å²) in [6.07, 6.45) is 4.86. The summed E-state index contributed by atoms with van der Waals surface area (Å²) in [4.78, 5) is 82.4. The molecule has 19 nitrogen and oxygen atoms in total. The van der Waals surface area contributed by atoms with E-state index in [0.29, 0.717) is 16.8 Å².